The number of nitrogens with zero attached hydrogens (tertiary/aromatic N) is 1. The molecule has 0 fully saturated rings. The molecule has 0 amide bonds. The van der Waals surface area contributed by atoms with E-state index in [1.54, 1.807) is 0 Å². The summed E-state index contributed by atoms with van der Waals surface area (Å²) >= 11 is 0. The molecule has 57 heavy (non-hydrogen) atoms. The van der Waals surface area contributed by atoms with Crippen molar-refractivity contribution in [2.45, 2.75) is 5.41 Å². The van der Waals surface area contributed by atoms with E-state index < -0.39 is 5.41 Å². The lowest BCUT2D eigenvalue weighted by atomic mass is 9.67. The molecule has 0 atom stereocenters. The van der Waals surface area contributed by atoms with Crippen molar-refractivity contribution in [2.24, 2.45) is 0 Å². The van der Waals surface area contributed by atoms with Gasteiger partial charge in [-0.3, -0.25) is 0 Å². The average molecular weight is 728 g/mol. The van der Waals surface area contributed by atoms with Crippen LogP contribution in [0, 0.1) is 0 Å². The van der Waals surface area contributed by atoms with Gasteiger partial charge in [0.25, 0.3) is 0 Å². The van der Waals surface area contributed by atoms with Crippen LogP contribution in [-0.2, 0) is 5.41 Å². The minimum absolute atomic E-state index is 0.490. The maximum Gasteiger partial charge on any atom is 0.135 e. The van der Waals surface area contributed by atoms with Crippen LogP contribution in [0.3, 0.4) is 0 Å². The van der Waals surface area contributed by atoms with Gasteiger partial charge in [0.1, 0.15) is 11.2 Å². The quantitative estimate of drug-likeness (QED) is 0.163. The predicted octanol–water partition coefficient (Wildman–Crippen LogP) is 14.8. The first-order valence-electron chi connectivity index (χ1n) is 19.6. The Labute approximate surface area is 332 Å². The van der Waals surface area contributed by atoms with Crippen molar-refractivity contribution >= 4 is 39.0 Å². The fourth-order valence-electron chi connectivity index (χ4n) is 9.28. The van der Waals surface area contributed by atoms with E-state index in [1.165, 1.54) is 38.9 Å². The molecule has 0 saturated heterocycles. The molecule has 0 bridgehead atoms. The smallest absolute Gasteiger partial charge is 0.135 e. The third-order valence-corrected chi connectivity index (χ3v) is 11.7. The van der Waals surface area contributed by atoms with Gasteiger partial charge in [-0.05, 0) is 98.6 Å². The van der Waals surface area contributed by atoms with E-state index in [0.29, 0.717) is 0 Å². The highest BCUT2D eigenvalue weighted by Gasteiger charge is 2.45. The Morgan fingerprint density at radius 3 is 1.68 bits per heavy atom. The van der Waals surface area contributed by atoms with Gasteiger partial charge >= 0.3 is 0 Å². The zero-order valence-electron chi connectivity index (χ0n) is 31.2. The van der Waals surface area contributed by atoms with Crippen LogP contribution in [0.5, 0.6) is 0 Å². The first-order chi connectivity index (χ1) is 28.3. The summed E-state index contributed by atoms with van der Waals surface area (Å²) in [7, 11) is 0. The van der Waals surface area contributed by atoms with E-state index in [1.807, 2.05) is 12.1 Å². The first kappa shape index (κ1) is 33.0. The van der Waals surface area contributed by atoms with Crippen molar-refractivity contribution in [3.63, 3.8) is 0 Å². The predicted molar refractivity (Wildman–Crippen MR) is 237 cm³/mol. The number of hydrogen-bond donors (Lipinski definition) is 0. The molecule has 1 aliphatic carbocycles. The van der Waals surface area contributed by atoms with Crippen LogP contribution >= 0.6 is 0 Å². The van der Waals surface area contributed by atoms with Crippen LogP contribution in [-0.4, -0.2) is 0 Å². The van der Waals surface area contributed by atoms with Crippen molar-refractivity contribution in [1.82, 2.24) is 0 Å². The number of anilines is 3. The normalized spacial score (nSPS) is 12.7. The molecule has 11 rings (SSSR count). The van der Waals surface area contributed by atoms with E-state index >= 15 is 0 Å². The molecule has 0 N–H and O–H groups in total. The Bertz CT molecular complexity index is 3040. The van der Waals surface area contributed by atoms with Crippen molar-refractivity contribution in [2.75, 3.05) is 4.90 Å². The van der Waals surface area contributed by atoms with Crippen molar-refractivity contribution in [3.8, 4) is 33.4 Å². The molecule has 0 saturated carbocycles. The Kier molecular flexibility index (Phi) is 7.75. The van der Waals surface area contributed by atoms with Crippen molar-refractivity contribution < 1.29 is 4.42 Å². The largest absolute Gasteiger partial charge is 0.456 e. The first-order valence-corrected chi connectivity index (χ1v) is 19.6. The molecule has 9 aromatic carbocycles. The van der Waals surface area contributed by atoms with Crippen molar-refractivity contribution in [1.29, 1.82) is 0 Å². The fraction of sp³-hybridized carbons (Fsp3) is 0.0182. The maximum atomic E-state index is 6.31. The zero-order valence-corrected chi connectivity index (χ0v) is 31.2. The van der Waals surface area contributed by atoms with Gasteiger partial charge in [-0.1, -0.05) is 176 Å². The van der Waals surface area contributed by atoms with Gasteiger partial charge in [0.2, 0.25) is 0 Å². The lowest BCUT2D eigenvalue weighted by molar-refractivity contribution is 0.669. The maximum absolute atomic E-state index is 6.31. The van der Waals surface area contributed by atoms with Crippen molar-refractivity contribution in [3.05, 3.63) is 247 Å². The Balaban J connectivity index is 1.14. The second-order valence-corrected chi connectivity index (χ2v) is 14.8. The molecule has 2 nitrogen and oxygen atoms in total. The standard InChI is InChI=1S/C55H37NO/c1-3-17-38(18-4-1)39-19-16-24-43(36-39)56(44-33-34-54-49(37-44)48-28-10-14-32-53(48)57-54)52-31-13-9-25-45(52)40-20-15-23-42(35-40)55(41-21-5-2-6-22-41)50-29-11-7-26-46(50)47-27-8-12-30-51(47)55/h1-37H. The van der Waals surface area contributed by atoms with Crippen LogP contribution in [0.2, 0.25) is 0 Å². The van der Waals surface area contributed by atoms with Crippen LogP contribution < -0.4 is 4.90 Å². The second-order valence-electron chi connectivity index (χ2n) is 14.8. The summed E-state index contributed by atoms with van der Waals surface area (Å²) in [6, 6.07) is 81.3. The van der Waals surface area contributed by atoms with Crippen LogP contribution in [0.4, 0.5) is 17.1 Å². The molecule has 1 heterocycles. The number of fused-ring (bicyclic) bond motifs is 6. The van der Waals surface area contributed by atoms with Gasteiger partial charge in [0, 0.05) is 27.7 Å². The van der Waals surface area contributed by atoms with Gasteiger partial charge < -0.3 is 9.32 Å². The molecular formula is C55H37NO. The molecule has 268 valence electrons. The summed E-state index contributed by atoms with van der Waals surface area (Å²) in [5.41, 5.74) is 16.8. The molecule has 0 unspecified atom stereocenters. The fourth-order valence-corrected chi connectivity index (χ4v) is 9.28. The Morgan fingerprint density at radius 1 is 0.333 bits per heavy atom. The summed E-state index contributed by atoms with van der Waals surface area (Å²) in [4.78, 5) is 2.41. The van der Waals surface area contributed by atoms with E-state index in [2.05, 4.69) is 217 Å². The number of hydrogen-bond acceptors (Lipinski definition) is 2. The average Bonchev–Trinajstić information content (AvgIpc) is 3.81. The number of rotatable bonds is 7. The highest BCUT2D eigenvalue weighted by atomic mass is 16.3. The third-order valence-electron chi connectivity index (χ3n) is 11.7. The summed E-state index contributed by atoms with van der Waals surface area (Å²) < 4.78 is 6.31. The molecule has 2 heteroatoms. The van der Waals surface area contributed by atoms with E-state index in [0.717, 1.165) is 55.7 Å². The zero-order chi connectivity index (χ0) is 37.8. The van der Waals surface area contributed by atoms with Gasteiger partial charge in [0.15, 0.2) is 0 Å². The van der Waals surface area contributed by atoms with Crippen LogP contribution in [0.15, 0.2) is 229 Å². The number of furan rings is 1. The van der Waals surface area contributed by atoms with E-state index in [-0.39, 0.29) is 0 Å². The second kappa shape index (κ2) is 13.4. The lowest BCUT2D eigenvalue weighted by Gasteiger charge is -2.34. The molecular weight excluding hydrogens is 691 g/mol. The summed E-state index contributed by atoms with van der Waals surface area (Å²) in [6.07, 6.45) is 0. The molecule has 10 aromatic rings. The van der Waals surface area contributed by atoms with E-state index in [9.17, 15) is 0 Å². The van der Waals surface area contributed by atoms with Gasteiger partial charge in [0.05, 0.1) is 11.1 Å². The SMILES string of the molecule is c1ccc(-c2cccc(N(c3ccc4oc5ccccc5c4c3)c3ccccc3-c3cccc(C4(c5ccccc5)c5ccccc5-c5ccccc54)c3)c2)cc1. The van der Waals surface area contributed by atoms with Gasteiger partial charge in [-0.2, -0.15) is 0 Å². The third kappa shape index (κ3) is 5.26. The lowest BCUT2D eigenvalue weighted by Crippen LogP contribution is -2.28. The number of para-hydroxylation sites is 2. The topological polar surface area (TPSA) is 16.4 Å². The minimum Gasteiger partial charge on any atom is -0.456 e. The monoisotopic (exact) mass is 727 g/mol. The molecule has 1 aromatic heterocycles. The van der Waals surface area contributed by atoms with E-state index in [4.69, 9.17) is 4.42 Å². The minimum atomic E-state index is -0.490. The highest BCUT2D eigenvalue weighted by Crippen LogP contribution is 2.56. The van der Waals surface area contributed by atoms with Gasteiger partial charge in [-0.15, -0.1) is 0 Å². The summed E-state index contributed by atoms with van der Waals surface area (Å²) in [5.74, 6) is 0. The van der Waals surface area contributed by atoms with Gasteiger partial charge in [-0.25, -0.2) is 0 Å². The molecule has 1 aliphatic rings. The summed E-state index contributed by atoms with van der Waals surface area (Å²) in [6.45, 7) is 0. The molecule has 0 aliphatic heterocycles. The molecule has 0 radical (unpaired) electrons. The Hall–Kier alpha value is -7.42. The van der Waals surface area contributed by atoms with Crippen LogP contribution in [0.1, 0.15) is 22.3 Å². The molecule has 0 spiro atoms. The summed E-state index contributed by atoms with van der Waals surface area (Å²) in [5, 5.41) is 2.20. The Morgan fingerprint density at radius 2 is 0.895 bits per heavy atom. The number of benzene rings is 9. The highest BCUT2D eigenvalue weighted by molar-refractivity contribution is 6.07. The van der Waals surface area contributed by atoms with Crippen LogP contribution in [0.25, 0.3) is 55.3 Å².